The molecular weight excluding hydrogens is 216 g/mol. The lowest BCUT2D eigenvalue weighted by molar-refractivity contribution is 0.0948. The highest BCUT2D eigenvalue weighted by molar-refractivity contribution is 5.98. The van der Waals surface area contributed by atoms with Crippen LogP contribution in [0.2, 0.25) is 0 Å². The minimum Gasteiger partial charge on any atom is -0.383 e. The number of carbonyl (C=O) groups excluding carboxylic acids is 1. The second-order valence-corrected chi connectivity index (χ2v) is 5.06. The topological polar surface area (TPSA) is 72.9 Å². The molecule has 3 N–H and O–H groups in total. The van der Waals surface area contributed by atoms with Crippen molar-refractivity contribution < 1.29 is 4.79 Å². The molecule has 0 aliphatic heterocycles. The third-order valence-electron chi connectivity index (χ3n) is 3.58. The lowest BCUT2D eigenvalue weighted by atomic mass is 10.1. The second-order valence-electron chi connectivity index (χ2n) is 5.06. The van der Waals surface area contributed by atoms with E-state index >= 15 is 0 Å². The summed E-state index contributed by atoms with van der Waals surface area (Å²) in [5.74, 6) is 1.71. The molecule has 0 aromatic carbocycles. The number of hydrogen-bond acceptors (Lipinski definition) is 3. The molecule has 2 unspecified atom stereocenters. The Bertz CT molecular complexity index is 413. The normalized spacial score (nSPS) is 23.9. The van der Waals surface area contributed by atoms with Crippen LogP contribution in [0.25, 0.3) is 0 Å². The van der Waals surface area contributed by atoms with Crippen LogP contribution in [0.5, 0.6) is 0 Å². The van der Waals surface area contributed by atoms with Crippen LogP contribution < -0.4 is 11.1 Å². The molecule has 1 aliphatic carbocycles. The van der Waals surface area contributed by atoms with Crippen LogP contribution in [0.4, 0.5) is 5.82 Å². The first-order chi connectivity index (χ1) is 8.08. The summed E-state index contributed by atoms with van der Waals surface area (Å²) in [6, 6.07) is 0. The average molecular weight is 236 g/mol. The third kappa shape index (κ3) is 2.60. The number of nitrogen functional groups attached to an aromatic ring is 1. The van der Waals surface area contributed by atoms with Crippen molar-refractivity contribution in [2.75, 3.05) is 12.3 Å². The minimum atomic E-state index is -0.116. The van der Waals surface area contributed by atoms with Gasteiger partial charge in [-0.3, -0.25) is 9.48 Å². The van der Waals surface area contributed by atoms with Crippen LogP contribution in [0.15, 0.2) is 6.20 Å². The van der Waals surface area contributed by atoms with Gasteiger partial charge in [0, 0.05) is 13.6 Å². The Labute approximate surface area is 101 Å². The van der Waals surface area contributed by atoms with Gasteiger partial charge in [0.05, 0.1) is 6.20 Å². The first-order valence-corrected chi connectivity index (χ1v) is 6.13. The molecule has 1 heterocycles. The van der Waals surface area contributed by atoms with E-state index in [1.165, 1.54) is 30.1 Å². The summed E-state index contributed by atoms with van der Waals surface area (Å²) in [5, 5.41) is 6.90. The molecule has 0 spiro atoms. The number of aryl methyl sites for hydroxylation is 1. The van der Waals surface area contributed by atoms with Gasteiger partial charge in [0.25, 0.3) is 5.91 Å². The SMILES string of the molecule is CC1CCC(CNC(=O)c2cnn(C)c2N)C1. The first-order valence-electron chi connectivity index (χ1n) is 6.13. The van der Waals surface area contributed by atoms with Gasteiger partial charge >= 0.3 is 0 Å². The number of anilines is 1. The molecule has 1 amide bonds. The molecule has 0 bridgehead atoms. The molecule has 1 aromatic rings. The number of nitrogens with two attached hydrogens (primary N) is 1. The number of carbonyl (C=O) groups is 1. The van der Waals surface area contributed by atoms with Crippen molar-refractivity contribution in [3.8, 4) is 0 Å². The summed E-state index contributed by atoms with van der Waals surface area (Å²) in [4.78, 5) is 11.9. The van der Waals surface area contributed by atoms with Crippen LogP contribution in [0.3, 0.4) is 0 Å². The predicted molar refractivity (Wildman–Crippen MR) is 66.5 cm³/mol. The highest BCUT2D eigenvalue weighted by Crippen LogP contribution is 2.29. The lowest BCUT2D eigenvalue weighted by Gasteiger charge is -2.10. The molecule has 1 aromatic heterocycles. The molecule has 2 rings (SSSR count). The second kappa shape index (κ2) is 4.77. The van der Waals surface area contributed by atoms with E-state index in [1.54, 1.807) is 7.05 Å². The Hall–Kier alpha value is -1.52. The molecule has 2 atom stereocenters. The van der Waals surface area contributed by atoms with Crippen LogP contribution in [0, 0.1) is 11.8 Å². The summed E-state index contributed by atoms with van der Waals surface area (Å²) in [7, 11) is 1.73. The largest absolute Gasteiger partial charge is 0.383 e. The lowest BCUT2D eigenvalue weighted by Crippen LogP contribution is -2.28. The van der Waals surface area contributed by atoms with Gasteiger partial charge in [0.2, 0.25) is 0 Å². The van der Waals surface area contributed by atoms with Crippen molar-refractivity contribution in [2.24, 2.45) is 18.9 Å². The van der Waals surface area contributed by atoms with Crippen molar-refractivity contribution >= 4 is 11.7 Å². The number of nitrogens with one attached hydrogen (secondary N) is 1. The Kier molecular flexibility index (Phi) is 3.36. The van der Waals surface area contributed by atoms with E-state index in [0.717, 1.165) is 12.5 Å². The van der Waals surface area contributed by atoms with Crippen LogP contribution >= 0.6 is 0 Å². The first kappa shape index (κ1) is 12.0. The summed E-state index contributed by atoms with van der Waals surface area (Å²) in [6.07, 6.45) is 5.21. The molecule has 1 saturated carbocycles. The van der Waals surface area contributed by atoms with E-state index in [-0.39, 0.29) is 5.91 Å². The molecule has 17 heavy (non-hydrogen) atoms. The van der Waals surface area contributed by atoms with Crippen molar-refractivity contribution in [2.45, 2.75) is 26.2 Å². The fraction of sp³-hybridized carbons (Fsp3) is 0.667. The highest BCUT2D eigenvalue weighted by atomic mass is 16.1. The maximum Gasteiger partial charge on any atom is 0.256 e. The number of nitrogens with zero attached hydrogens (tertiary/aromatic N) is 2. The predicted octanol–water partition coefficient (Wildman–Crippen LogP) is 1.17. The van der Waals surface area contributed by atoms with E-state index in [4.69, 9.17) is 5.73 Å². The van der Waals surface area contributed by atoms with Gasteiger partial charge in [0.15, 0.2) is 0 Å². The van der Waals surface area contributed by atoms with Gasteiger partial charge in [-0.25, -0.2) is 0 Å². The molecule has 5 heteroatoms. The van der Waals surface area contributed by atoms with Crippen molar-refractivity contribution in [1.29, 1.82) is 0 Å². The summed E-state index contributed by atoms with van der Waals surface area (Å²) < 4.78 is 1.51. The maximum atomic E-state index is 11.9. The van der Waals surface area contributed by atoms with Crippen LogP contribution in [-0.4, -0.2) is 22.2 Å². The Morgan fingerprint density at radius 2 is 2.41 bits per heavy atom. The molecular formula is C12H20N4O. The van der Waals surface area contributed by atoms with Crippen molar-refractivity contribution in [3.63, 3.8) is 0 Å². The van der Waals surface area contributed by atoms with Gasteiger partial charge in [-0.15, -0.1) is 0 Å². The molecule has 5 nitrogen and oxygen atoms in total. The standard InChI is InChI=1S/C12H20N4O/c1-8-3-4-9(5-8)6-14-12(17)10-7-15-16(2)11(10)13/h7-9H,3-6,13H2,1-2H3,(H,14,17). The van der Waals surface area contributed by atoms with Gasteiger partial charge < -0.3 is 11.1 Å². The summed E-state index contributed by atoms with van der Waals surface area (Å²) in [5.41, 5.74) is 6.22. The van der Waals surface area contributed by atoms with E-state index in [1.807, 2.05) is 0 Å². The van der Waals surface area contributed by atoms with Crippen LogP contribution in [0.1, 0.15) is 36.5 Å². The average Bonchev–Trinajstić information content (AvgIpc) is 2.84. The zero-order chi connectivity index (χ0) is 12.4. The highest BCUT2D eigenvalue weighted by Gasteiger charge is 2.22. The third-order valence-corrected chi connectivity index (χ3v) is 3.58. The quantitative estimate of drug-likeness (QED) is 0.827. The summed E-state index contributed by atoms with van der Waals surface area (Å²) >= 11 is 0. The molecule has 0 radical (unpaired) electrons. The molecule has 1 fully saturated rings. The van der Waals surface area contributed by atoms with Gasteiger partial charge in [0.1, 0.15) is 11.4 Å². The zero-order valence-corrected chi connectivity index (χ0v) is 10.4. The molecule has 0 saturated heterocycles. The van der Waals surface area contributed by atoms with E-state index in [9.17, 15) is 4.79 Å². The Morgan fingerprint density at radius 1 is 1.65 bits per heavy atom. The minimum absolute atomic E-state index is 0.116. The van der Waals surface area contributed by atoms with Gasteiger partial charge in [-0.1, -0.05) is 13.3 Å². The van der Waals surface area contributed by atoms with Gasteiger partial charge in [-0.05, 0) is 24.7 Å². The fourth-order valence-electron chi connectivity index (χ4n) is 2.46. The van der Waals surface area contributed by atoms with Crippen LogP contribution in [-0.2, 0) is 7.05 Å². The fourth-order valence-corrected chi connectivity index (χ4v) is 2.46. The maximum absolute atomic E-state index is 11.9. The Morgan fingerprint density at radius 3 is 2.94 bits per heavy atom. The number of amides is 1. The smallest absolute Gasteiger partial charge is 0.256 e. The number of aromatic nitrogens is 2. The van der Waals surface area contributed by atoms with E-state index < -0.39 is 0 Å². The Balaban J connectivity index is 1.87. The van der Waals surface area contributed by atoms with Crippen molar-refractivity contribution in [1.82, 2.24) is 15.1 Å². The van der Waals surface area contributed by atoms with E-state index in [0.29, 0.717) is 17.3 Å². The number of hydrogen-bond donors (Lipinski definition) is 2. The van der Waals surface area contributed by atoms with Crippen molar-refractivity contribution in [3.05, 3.63) is 11.8 Å². The van der Waals surface area contributed by atoms with E-state index in [2.05, 4.69) is 17.3 Å². The monoisotopic (exact) mass is 236 g/mol. The number of rotatable bonds is 3. The molecule has 94 valence electrons. The molecule has 1 aliphatic rings. The zero-order valence-electron chi connectivity index (χ0n) is 10.4. The summed E-state index contributed by atoms with van der Waals surface area (Å²) in [6.45, 7) is 3.01. The van der Waals surface area contributed by atoms with Gasteiger partial charge in [-0.2, -0.15) is 5.10 Å².